The van der Waals surface area contributed by atoms with E-state index in [1.165, 1.54) is 29.5 Å². The quantitative estimate of drug-likeness (QED) is 0.360. The van der Waals surface area contributed by atoms with Gasteiger partial charge in [0.05, 0.1) is 28.5 Å². The molecule has 204 valence electrons. The first-order chi connectivity index (χ1) is 18.4. The maximum absolute atomic E-state index is 13.5. The molecule has 2 atom stereocenters. The Morgan fingerprint density at radius 3 is 2.51 bits per heavy atom. The lowest BCUT2D eigenvalue weighted by Crippen LogP contribution is -2.62. The van der Waals surface area contributed by atoms with Crippen molar-refractivity contribution >= 4 is 15.5 Å². The lowest BCUT2D eigenvalue weighted by atomic mass is 10.1. The zero-order valence-corrected chi connectivity index (χ0v) is 21.4. The normalized spacial score (nSPS) is 18.3. The van der Waals surface area contributed by atoms with Crippen molar-refractivity contribution in [2.75, 3.05) is 17.7 Å². The maximum Gasteiger partial charge on any atom is 0.401 e. The van der Waals surface area contributed by atoms with E-state index in [0.717, 1.165) is 11.2 Å². The second kappa shape index (κ2) is 10.00. The highest BCUT2D eigenvalue weighted by molar-refractivity contribution is 7.90. The van der Waals surface area contributed by atoms with Gasteiger partial charge in [0, 0.05) is 24.6 Å². The molecule has 1 aromatic carbocycles. The van der Waals surface area contributed by atoms with E-state index in [1.54, 1.807) is 47.5 Å². The number of alkyl halides is 3. The molecule has 0 radical (unpaired) electrons. The molecule has 1 aliphatic heterocycles. The number of anilines is 1. The summed E-state index contributed by atoms with van der Waals surface area (Å²) in [6.45, 7) is -1.24. The van der Waals surface area contributed by atoms with Gasteiger partial charge in [-0.15, -0.1) is 0 Å². The summed E-state index contributed by atoms with van der Waals surface area (Å²) in [5, 5.41) is 4.02. The number of hydrogen-bond donors (Lipinski definition) is 2. The molecule has 4 aromatic rings. The number of rotatable bonds is 6. The van der Waals surface area contributed by atoms with Crippen molar-refractivity contribution < 1.29 is 21.6 Å². The van der Waals surface area contributed by atoms with Crippen LogP contribution in [0.2, 0.25) is 0 Å². The Labute approximate surface area is 221 Å². The van der Waals surface area contributed by atoms with Gasteiger partial charge < -0.3 is 10.6 Å². The molecule has 2 unspecified atom stereocenters. The van der Waals surface area contributed by atoms with Gasteiger partial charge in [0.1, 0.15) is 25.1 Å². The number of aromatic nitrogens is 5. The SMILES string of the molecule is CS(=O)(=O)c1cccc(-c2ccc3c(n2)C(N)N(CC(F)(F)F)C(N)N3Cc2ccc(-n3cncn3)nc2)c1. The third-order valence-corrected chi connectivity index (χ3v) is 7.35. The van der Waals surface area contributed by atoms with Crippen molar-refractivity contribution in [2.24, 2.45) is 11.5 Å². The monoisotopic (exact) mass is 559 g/mol. The lowest BCUT2D eigenvalue weighted by molar-refractivity contribution is -0.158. The molecule has 4 heterocycles. The Bertz CT molecular complexity index is 1580. The topological polar surface area (TPSA) is 149 Å². The van der Waals surface area contributed by atoms with Crippen molar-refractivity contribution in [3.05, 3.63) is 78.6 Å². The largest absolute Gasteiger partial charge is 0.401 e. The fourth-order valence-corrected chi connectivity index (χ4v) is 5.03. The molecule has 15 heteroatoms. The molecule has 1 aliphatic rings. The lowest BCUT2D eigenvalue weighted by Gasteiger charge is -2.46. The van der Waals surface area contributed by atoms with Crippen molar-refractivity contribution in [2.45, 2.75) is 30.1 Å². The van der Waals surface area contributed by atoms with Crippen LogP contribution in [0.4, 0.5) is 18.9 Å². The summed E-state index contributed by atoms with van der Waals surface area (Å²) < 4.78 is 66.1. The highest BCUT2D eigenvalue weighted by atomic mass is 32.2. The van der Waals surface area contributed by atoms with Crippen molar-refractivity contribution in [3.8, 4) is 17.1 Å². The first-order valence-electron chi connectivity index (χ1n) is 11.6. The van der Waals surface area contributed by atoms with Gasteiger partial charge in [0.15, 0.2) is 15.7 Å². The molecule has 39 heavy (non-hydrogen) atoms. The van der Waals surface area contributed by atoms with Crippen molar-refractivity contribution in [3.63, 3.8) is 0 Å². The third kappa shape index (κ3) is 5.61. The van der Waals surface area contributed by atoms with E-state index in [-0.39, 0.29) is 17.1 Å². The molecule has 3 aromatic heterocycles. The van der Waals surface area contributed by atoms with Crippen LogP contribution in [0.15, 0.2) is 72.3 Å². The maximum atomic E-state index is 13.5. The zero-order chi connectivity index (χ0) is 27.9. The number of nitrogens with two attached hydrogens (primary N) is 2. The third-order valence-electron chi connectivity index (χ3n) is 6.24. The van der Waals surface area contributed by atoms with Gasteiger partial charge in [0.2, 0.25) is 0 Å². The highest BCUT2D eigenvalue weighted by Crippen LogP contribution is 2.38. The summed E-state index contributed by atoms with van der Waals surface area (Å²) in [5.41, 5.74) is 14.8. The van der Waals surface area contributed by atoms with Gasteiger partial charge in [-0.1, -0.05) is 18.2 Å². The van der Waals surface area contributed by atoms with Gasteiger partial charge in [-0.05, 0) is 35.9 Å². The summed E-state index contributed by atoms with van der Waals surface area (Å²) in [7, 11) is -3.48. The highest BCUT2D eigenvalue weighted by Gasteiger charge is 2.42. The number of nitrogens with zero attached hydrogens (tertiary/aromatic N) is 7. The second-order valence-electron chi connectivity index (χ2n) is 9.04. The predicted octanol–water partition coefficient (Wildman–Crippen LogP) is 2.21. The molecule has 5 rings (SSSR count). The molecule has 0 bridgehead atoms. The first-order valence-corrected chi connectivity index (χ1v) is 13.5. The van der Waals surface area contributed by atoms with Crippen LogP contribution in [-0.2, 0) is 16.4 Å². The van der Waals surface area contributed by atoms with Crippen LogP contribution in [0, 0.1) is 0 Å². The molecule has 0 spiro atoms. The number of hydrogen-bond acceptors (Lipinski definition) is 10. The smallest absolute Gasteiger partial charge is 0.337 e. The molecule has 0 saturated carbocycles. The second-order valence-corrected chi connectivity index (χ2v) is 11.1. The van der Waals surface area contributed by atoms with Crippen LogP contribution in [0.3, 0.4) is 0 Å². The van der Waals surface area contributed by atoms with Crippen LogP contribution in [0.1, 0.15) is 17.4 Å². The van der Waals surface area contributed by atoms with E-state index in [9.17, 15) is 21.6 Å². The van der Waals surface area contributed by atoms with E-state index >= 15 is 0 Å². The van der Waals surface area contributed by atoms with Gasteiger partial charge in [0.25, 0.3) is 0 Å². The molecule has 0 saturated heterocycles. The van der Waals surface area contributed by atoms with Crippen LogP contribution >= 0.6 is 0 Å². The average molecular weight is 560 g/mol. The van der Waals surface area contributed by atoms with E-state index in [4.69, 9.17) is 11.5 Å². The van der Waals surface area contributed by atoms with Crippen LogP contribution < -0.4 is 16.4 Å². The van der Waals surface area contributed by atoms with Gasteiger partial charge in [-0.2, -0.15) is 18.3 Å². The Kier molecular flexibility index (Phi) is 6.84. The fourth-order valence-electron chi connectivity index (χ4n) is 4.36. The zero-order valence-electron chi connectivity index (χ0n) is 20.6. The molecule has 11 nitrogen and oxygen atoms in total. The van der Waals surface area contributed by atoms with Gasteiger partial charge in [-0.25, -0.2) is 33.0 Å². The number of halogens is 3. The Balaban J connectivity index is 1.53. The standard InChI is InChI=1S/C24H24F3N9O2S/c1-39(37,38)17-4-2-3-16(9-17)18-6-7-19-21(33-18)22(28)35(12-24(25,26)27)23(29)34(19)11-15-5-8-20(31-10-15)36-14-30-13-32-36/h2-10,13-14,22-23H,11-12,28-29H2,1H3. The summed E-state index contributed by atoms with van der Waals surface area (Å²) in [5.74, 6) is 0.517. The van der Waals surface area contributed by atoms with Gasteiger partial charge in [-0.3, -0.25) is 5.73 Å². The number of sulfone groups is 1. The molecular formula is C24H24F3N9O2S. The van der Waals surface area contributed by atoms with E-state index in [1.807, 2.05) is 0 Å². The Morgan fingerprint density at radius 1 is 1.08 bits per heavy atom. The molecule has 0 fully saturated rings. The van der Waals surface area contributed by atoms with Crippen LogP contribution in [0.5, 0.6) is 0 Å². The number of fused-ring (bicyclic) bond motifs is 1. The van der Waals surface area contributed by atoms with Crippen LogP contribution in [-0.4, -0.2) is 63.3 Å². The van der Waals surface area contributed by atoms with Crippen molar-refractivity contribution in [1.82, 2.24) is 29.6 Å². The predicted molar refractivity (Wildman–Crippen MR) is 136 cm³/mol. The summed E-state index contributed by atoms with van der Waals surface area (Å²) in [6, 6.07) is 12.9. The fraction of sp³-hybridized carbons (Fsp3) is 0.250. The average Bonchev–Trinajstić information content (AvgIpc) is 3.43. The minimum atomic E-state index is -4.57. The summed E-state index contributed by atoms with van der Waals surface area (Å²) in [4.78, 5) is 15.4. The van der Waals surface area contributed by atoms with Gasteiger partial charge >= 0.3 is 6.18 Å². The van der Waals surface area contributed by atoms with E-state index in [0.29, 0.717) is 28.3 Å². The molecule has 0 amide bonds. The minimum Gasteiger partial charge on any atom is -0.337 e. The first kappa shape index (κ1) is 26.7. The Hall–Kier alpha value is -3.92. The summed E-state index contributed by atoms with van der Waals surface area (Å²) >= 11 is 0. The van der Waals surface area contributed by atoms with Crippen molar-refractivity contribution in [1.29, 1.82) is 0 Å². The Morgan fingerprint density at radius 2 is 1.87 bits per heavy atom. The summed E-state index contributed by atoms with van der Waals surface area (Å²) in [6.07, 6.45) is -1.53. The minimum absolute atomic E-state index is 0.0907. The number of pyridine rings is 2. The molecule has 0 aliphatic carbocycles. The molecular weight excluding hydrogens is 535 g/mol. The van der Waals surface area contributed by atoms with E-state index < -0.39 is 35.0 Å². The number of benzene rings is 1. The van der Waals surface area contributed by atoms with E-state index in [2.05, 4.69) is 20.1 Å². The van der Waals surface area contributed by atoms with Crippen LogP contribution in [0.25, 0.3) is 17.1 Å². The molecule has 4 N–H and O–H groups in total.